The van der Waals surface area contributed by atoms with Gasteiger partial charge in [-0.05, 0) is 25.0 Å². The quantitative estimate of drug-likeness (QED) is 0.818. The van der Waals surface area contributed by atoms with Gasteiger partial charge in [0.15, 0.2) is 0 Å². The first-order chi connectivity index (χ1) is 7.29. The topological polar surface area (TPSA) is 26.0 Å². The van der Waals surface area contributed by atoms with Crippen LogP contribution in [-0.4, -0.2) is 10.8 Å². The van der Waals surface area contributed by atoms with Gasteiger partial charge >= 0.3 is 0 Å². The molecule has 0 fully saturated rings. The van der Waals surface area contributed by atoms with Crippen molar-refractivity contribution in [1.82, 2.24) is 0 Å². The van der Waals surface area contributed by atoms with Crippen LogP contribution in [0.4, 0.5) is 4.39 Å². The zero-order chi connectivity index (χ0) is 12.3. The second kappa shape index (κ2) is 5.19. The molecule has 16 heavy (non-hydrogen) atoms. The normalized spacial score (nSPS) is 13.9. The second-order valence-corrected chi connectivity index (χ2v) is 6.96. The molecule has 0 spiro atoms. The van der Waals surface area contributed by atoms with Crippen molar-refractivity contribution in [3.05, 3.63) is 29.6 Å². The Labute approximate surface area is 102 Å². The van der Waals surface area contributed by atoms with Gasteiger partial charge in [0.05, 0.1) is 0 Å². The zero-order valence-corrected chi connectivity index (χ0v) is 11.2. The molecular weight excluding hydrogens is 221 g/mol. The largest absolute Gasteiger partial charge is 0.328 e. The van der Waals surface area contributed by atoms with Crippen LogP contribution in [0.1, 0.15) is 33.3 Å². The van der Waals surface area contributed by atoms with E-state index < -0.39 is 0 Å². The van der Waals surface area contributed by atoms with Crippen LogP contribution in [0.5, 0.6) is 0 Å². The number of thioether (sulfide) groups is 1. The molecule has 0 amide bonds. The van der Waals surface area contributed by atoms with Crippen molar-refractivity contribution < 1.29 is 4.39 Å². The fraction of sp³-hybridized carbons (Fsp3) is 0.538. The minimum absolute atomic E-state index is 0.00871. The summed E-state index contributed by atoms with van der Waals surface area (Å²) in [6.07, 6.45) is 0.718. The van der Waals surface area contributed by atoms with E-state index in [1.165, 1.54) is 6.07 Å². The monoisotopic (exact) mass is 241 g/mol. The third-order valence-corrected chi connectivity index (χ3v) is 3.27. The van der Waals surface area contributed by atoms with Crippen molar-refractivity contribution in [3.63, 3.8) is 0 Å². The first-order valence-electron chi connectivity index (χ1n) is 5.51. The molecule has 1 atom stereocenters. The molecule has 0 saturated carbocycles. The summed E-state index contributed by atoms with van der Waals surface area (Å²) in [6.45, 7) is 8.19. The molecular formula is C13H20FNS. The van der Waals surface area contributed by atoms with Gasteiger partial charge in [-0.25, -0.2) is 4.39 Å². The van der Waals surface area contributed by atoms with Gasteiger partial charge in [0.25, 0.3) is 0 Å². The molecule has 0 aromatic heterocycles. The van der Waals surface area contributed by atoms with E-state index in [9.17, 15) is 4.39 Å². The number of benzene rings is 1. The Balaban J connectivity index is 3.03. The average molecular weight is 241 g/mol. The molecule has 0 saturated heterocycles. The number of hydrogen-bond donors (Lipinski definition) is 1. The van der Waals surface area contributed by atoms with Crippen LogP contribution >= 0.6 is 11.8 Å². The van der Waals surface area contributed by atoms with Gasteiger partial charge in [0.1, 0.15) is 5.82 Å². The van der Waals surface area contributed by atoms with Gasteiger partial charge in [-0.1, -0.05) is 32.9 Å². The lowest BCUT2D eigenvalue weighted by molar-refractivity contribution is 0.591. The van der Waals surface area contributed by atoms with E-state index in [4.69, 9.17) is 5.73 Å². The summed E-state index contributed by atoms with van der Waals surface area (Å²) >= 11 is 1.57. The van der Waals surface area contributed by atoms with E-state index in [0.29, 0.717) is 0 Å². The molecule has 1 rings (SSSR count). The molecule has 90 valence electrons. The van der Waals surface area contributed by atoms with Gasteiger partial charge < -0.3 is 5.73 Å². The van der Waals surface area contributed by atoms with Crippen LogP contribution in [0.2, 0.25) is 0 Å². The molecule has 0 aliphatic rings. The second-order valence-electron chi connectivity index (χ2n) is 5.12. The molecule has 1 unspecified atom stereocenters. The van der Waals surface area contributed by atoms with Gasteiger partial charge in [0.2, 0.25) is 0 Å². The number of halogens is 1. The Hall–Kier alpha value is -0.540. The van der Waals surface area contributed by atoms with Crippen molar-refractivity contribution in [2.45, 2.75) is 49.8 Å². The molecule has 1 aromatic rings. The summed E-state index contributed by atoms with van der Waals surface area (Å²) < 4.78 is 13.8. The molecule has 1 aromatic carbocycles. The van der Waals surface area contributed by atoms with E-state index in [0.717, 1.165) is 16.9 Å². The van der Waals surface area contributed by atoms with E-state index >= 15 is 0 Å². The Morgan fingerprint density at radius 3 is 2.50 bits per heavy atom. The van der Waals surface area contributed by atoms with Gasteiger partial charge in [-0.15, -0.1) is 11.8 Å². The lowest BCUT2D eigenvalue weighted by atomic mass is 10.1. The van der Waals surface area contributed by atoms with E-state index in [1.54, 1.807) is 17.8 Å². The van der Waals surface area contributed by atoms with Crippen LogP contribution in [0.3, 0.4) is 0 Å². The van der Waals surface area contributed by atoms with Crippen LogP contribution in [0.25, 0.3) is 0 Å². The number of hydrogen-bond acceptors (Lipinski definition) is 2. The average Bonchev–Trinajstić information content (AvgIpc) is 2.08. The summed E-state index contributed by atoms with van der Waals surface area (Å²) in [5, 5.41) is 0. The van der Waals surface area contributed by atoms with Gasteiger partial charge in [-0.2, -0.15) is 0 Å². The molecule has 0 radical (unpaired) electrons. The lowest BCUT2D eigenvalue weighted by Gasteiger charge is -2.21. The van der Waals surface area contributed by atoms with Crippen LogP contribution in [0.15, 0.2) is 23.1 Å². The summed E-state index contributed by atoms with van der Waals surface area (Å²) in [5.74, 6) is -0.141. The van der Waals surface area contributed by atoms with E-state index in [1.807, 2.05) is 13.0 Å². The Bertz CT molecular complexity index is 355. The maximum Gasteiger partial charge on any atom is 0.137 e. The predicted molar refractivity (Wildman–Crippen MR) is 69.4 cm³/mol. The van der Waals surface area contributed by atoms with E-state index in [2.05, 4.69) is 20.8 Å². The summed E-state index contributed by atoms with van der Waals surface area (Å²) in [6, 6.07) is 5.28. The standard InChI is InChI=1S/C13H20FNS/c1-9(15)8-10-6-5-7-11(14)12(10)16-13(2,3)4/h5-7,9H,8,15H2,1-4H3. The molecule has 1 nitrogen and oxygen atoms in total. The fourth-order valence-electron chi connectivity index (χ4n) is 1.48. The van der Waals surface area contributed by atoms with Crippen molar-refractivity contribution in [1.29, 1.82) is 0 Å². The third kappa shape index (κ3) is 4.14. The lowest BCUT2D eigenvalue weighted by Crippen LogP contribution is -2.19. The molecule has 2 N–H and O–H groups in total. The van der Waals surface area contributed by atoms with Gasteiger partial charge in [-0.3, -0.25) is 0 Å². The Morgan fingerprint density at radius 1 is 1.38 bits per heavy atom. The Morgan fingerprint density at radius 2 is 2.00 bits per heavy atom. The van der Waals surface area contributed by atoms with Crippen molar-refractivity contribution in [2.75, 3.05) is 0 Å². The minimum atomic E-state index is -0.141. The van der Waals surface area contributed by atoms with Crippen molar-refractivity contribution in [2.24, 2.45) is 5.73 Å². The molecule has 3 heteroatoms. The highest BCUT2D eigenvalue weighted by Crippen LogP contribution is 2.36. The highest BCUT2D eigenvalue weighted by atomic mass is 32.2. The van der Waals surface area contributed by atoms with Crippen molar-refractivity contribution >= 4 is 11.8 Å². The maximum atomic E-state index is 13.8. The first-order valence-corrected chi connectivity index (χ1v) is 6.33. The predicted octanol–water partition coefficient (Wildman–Crippen LogP) is 3.61. The fourth-order valence-corrected chi connectivity index (χ4v) is 2.54. The molecule has 0 aliphatic heterocycles. The summed E-state index contributed by atoms with van der Waals surface area (Å²) in [4.78, 5) is 0.743. The van der Waals surface area contributed by atoms with Crippen LogP contribution in [0, 0.1) is 5.82 Å². The van der Waals surface area contributed by atoms with Crippen molar-refractivity contribution in [3.8, 4) is 0 Å². The maximum absolute atomic E-state index is 13.8. The van der Waals surface area contributed by atoms with Crippen LogP contribution < -0.4 is 5.73 Å². The molecule has 0 heterocycles. The Kier molecular flexibility index (Phi) is 4.39. The zero-order valence-electron chi connectivity index (χ0n) is 10.4. The highest BCUT2D eigenvalue weighted by molar-refractivity contribution is 8.00. The summed E-state index contributed by atoms with van der Waals surface area (Å²) in [5.41, 5.74) is 6.78. The third-order valence-electron chi connectivity index (χ3n) is 2.00. The molecule has 0 aliphatic carbocycles. The smallest absolute Gasteiger partial charge is 0.137 e. The molecule has 0 bridgehead atoms. The SMILES string of the molecule is CC(N)Cc1cccc(F)c1SC(C)(C)C. The van der Waals surface area contributed by atoms with E-state index in [-0.39, 0.29) is 16.6 Å². The number of nitrogens with two attached hydrogens (primary N) is 1. The first kappa shape index (κ1) is 13.5. The summed E-state index contributed by atoms with van der Waals surface area (Å²) in [7, 11) is 0. The number of rotatable bonds is 3. The van der Waals surface area contributed by atoms with Gasteiger partial charge in [0, 0.05) is 15.7 Å². The van der Waals surface area contributed by atoms with Crippen LogP contribution in [-0.2, 0) is 6.42 Å². The highest BCUT2D eigenvalue weighted by Gasteiger charge is 2.18. The minimum Gasteiger partial charge on any atom is -0.328 e.